The molecule has 0 aromatic carbocycles. The van der Waals surface area contributed by atoms with Gasteiger partial charge in [-0.05, 0) is 39.2 Å². The number of ether oxygens (including phenoxy) is 3. The third kappa shape index (κ3) is 4.81. The zero-order valence-electron chi connectivity index (χ0n) is 16.7. The van der Waals surface area contributed by atoms with E-state index in [1.165, 1.54) is 0 Å². The predicted molar refractivity (Wildman–Crippen MR) is 111 cm³/mol. The van der Waals surface area contributed by atoms with Gasteiger partial charge >= 0.3 is 11.9 Å². The fraction of sp³-hybridized carbons (Fsp3) is 0.579. The van der Waals surface area contributed by atoms with Gasteiger partial charge in [0.05, 0.1) is 37.0 Å². The minimum absolute atomic E-state index is 0.0480. The Morgan fingerprint density at radius 2 is 2.07 bits per heavy atom. The molecule has 2 aromatic heterocycles. The van der Waals surface area contributed by atoms with E-state index in [0.29, 0.717) is 45.6 Å². The highest BCUT2D eigenvalue weighted by atomic mass is 32.2. The number of carbonyl (C=O) groups is 2. The van der Waals surface area contributed by atoms with Gasteiger partial charge in [-0.3, -0.25) is 14.2 Å². The van der Waals surface area contributed by atoms with Gasteiger partial charge in [-0.2, -0.15) is 0 Å². The number of aryl methyl sites for hydroxylation is 1. The fourth-order valence-corrected chi connectivity index (χ4v) is 5.10. The van der Waals surface area contributed by atoms with Gasteiger partial charge in [-0.1, -0.05) is 11.8 Å². The normalized spacial score (nSPS) is 16.3. The summed E-state index contributed by atoms with van der Waals surface area (Å²) in [6.45, 7) is 6.78. The topological polar surface area (TPSA) is 96.7 Å². The quantitative estimate of drug-likeness (QED) is 0.351. The third-order valence-corrected chi connectivity index (χ3v) is 6.63. The van der Waals surface area contributed by atoms with Crippen molar-refractivity contribution in [3.8, 4) is 0 Å². The molecule has 3 rings (SSSR count). The Balaban J connectivity index is 2.04. The maximum atomic E-state index is 13.3. The number of esters is 2. The molecule has 10 heteroatoms. The summed E-state index contributed by atoms with van der Waals surface area (Å²) >= 11 is 2.29. The summed E-state index contributed by atoms with van der Waals surface area (Å²) in [5.74, 6) is -0.782. The molecular formula is C19H24N2O6S2. The molecule has 0 N–H and O–H groups in total. The molecule has 1 aliphatic heterocycles. The van der Waals surface area contributed by atoms with E-state index in [-0.39, 0.29) is 30.0 Å². The molecule has 2 aromatic rings. The van der Waals surface area contributed by atoms with Crippen molar-refractivity contribution < 1.29 is 23.8 Å². The Hall–Kier alpha value is -1.91. The van der Waals surface area contributed by atoms with Crippen LogP contribution in [0.15, 0.2) is 9.95 Å². The van der Waals surface area contributed by atoms with E-state index >= 15 is 0 Å². The molecule has 8 nitrogen and oxygen atoms in total. The Morgan fingerprint density at radius 1 is 1.31 bits per heavy atom. The first-order valence-electron chi connectivity index (χ1n) is 9.57. The van der Waals surface area contributed by atoms with Gasteiger partial charge in [0.15, 0.2) is 5.16 Å². The summed E-state index contributed by atoms with van der Waals surface area (Å²) in [5.41, 5.74) is 0.338. The van der Waals surface area contributed by atoms with Crippen molar-refractivity contribution in [2.75, 3.05) is 25.6 Å². The molecule has 0 spiro atoms. The van der Waals surface area contributed by atoms with Crippen molar-refractivity contribution in [1.82, 2.24) is 9.55 Å². The summed E-state index contributed by atoms with van der Waals surface area (Å²) in [6.07, 6.45) is 1.74. The molecule has 1 atom stereocenters. The lowest BCUT2D eigenvalue weighted by Gasteiger charge is -2.15. The van der Waals surface area contributed by atoms with Crippen LogP contribution in [-0.2, 0) is 25.5 Å². The van der Waals surface area contributed by atoms with Crippen molar-refractivity contribution in [2.45, 2.75) is 51.4 Å². The number of rotatable bonds is 8. The van der Waals surface area contributed by atoms with E-state index in [0.717, 1.165) is 35.9 Å². The zero-order valence-corrected chi connectivity index (χ0v) is 18.3. The van der Waals surface area contributed by atoms with Crippen LogP contribution in [0.1, 0.15) is 41.9 Å². The maximum absolute atomic E-state index is 13.3. The Labute approximate surface area is 176 Å². The number of nitrogens with zero attached hydrogens (tertiary/aromatic N) is 2. The van der Waals surface area contributed by atoms with Crippen LogP contribution in [-0.4, -0.2) is 53.2 Å². The molecule has 0 bridgehead atoms. The monoisotopic (exact) mass is 440 g/mol. The second-order valence-corrected chi connectivity index (χ2v) is 8.44. The lowest BCUT2D eigenvalue weighted by atomic mass is 10.2. The number of thiophene rings is 1. The molecule has 1 saturated heterocycles. The van der Waals surface area contributed by atoms with E-state index in [1.54, 1.807) is 25.3 Å². The van der Waals surface area contributed by atoms with Crippen molar-refractivity contribution in [1.29, 1.82) is 0 Å². The van der Waals surface area contributed by atoms with Crippen LogP contribution in [0.25, 0.3) is 10.2 Å². The molecule has 158 valence electrons. The summed E-state index contributed by atoms with van der Waals surface area (Å²) in [5, 5.41) is 0.833. The third-order valence-electron chi connectivity index (χ3n) is 4.51. The SMILES string of the molecule is CCOC(=O)CSc1nc2sc(C(=O)OCC)c(C)c2c(=O)n1CC1CCCO1. The van der Waals surface area contributed by atoms with Gasteiger partial charge in [0, 0.05) is 6.61 Å². The first-order valence-corrected chi connectivity index (χ1v) is 11.4. The number of hydrogen-bond donors (Lipinski definition) is 0. The first kappa shape index (κ1) is 21.8. The van der Waals surface area contributed by atoms with E-state index in [9.17, 15) is 14.4 Å². The van der Waals surface area contributed by atoms with Crippen molar-refractivity contribution in [3.05, 3.63) is 20.8 Å². The summed E-state index contributed by atoms with van der Waals surface area (Å²) in [7, 11) is 0. The molecule has 0 radical (unpaired) electrons. The average Bonchev–Trinajstić information content (AvgIpc) is 3.31. The lowest BCUT2D eigenvalue weighted by molar-refractivity contribution is -0.139. The highest BCUT2D eigenvalue weighted by Crippen LogP contribution is 2.30. The van der Waals surface area contributed by atoms with Gasteiger partial charge < -0.3 is 14.2 Å². The minimum Gasteiger partial charge on any atom is -0.465 e. The van der Waals surface area contributed by atoms with Gasteiger partial charge in [0.25, 0.3) is 5.56 Å². The molecular weight excluding hydrogens is 416 g/mol. The number of thioether (sulfide) groups is 1. The molecule has 1 aliphatic rings. The number of carbonyl (C=O) groups excluding carboxylic acids is 2. The average molecular weight is 441 g/mol. The second kappa shape index (κ2) is 9.73. The van der Waals surface area contributed by atoms with Crippen LogP contribution in [0.2, 0.25) is 0 Å². The molecule has 0 saturated carbocycles. The largest absolute Gasteiger partial charge is 0.465 e. The van der Waals surface area contributed by atoms with Gasteiger partial charge in [0.1, 0.15) is 9.71 Å². The second-order valence-electron chi connectivity index (χ2n) is 6.50. The molecule has 1 fully saturated rings. The lowest BCUT2D eigenvalue weighted by Crippen LogP contribution is -2.29. The van der Waals surface area contributed by atoms with Crippen LogP contribution in [0, 0.1) is 6.92 Å². The Kier molecular flexibility index (Phi) is 7.31. The molecule has 0 amide bonds. The first-order chi connectivity index (χ1) is 14.0. The van der Waals surface area contributed by atoms with Crippen LogP contribution in [0.5, 0.6) is 0 Å². The number of fused-ring (bicyclic) bond motifs is 1. The van der Waals surface area contributed by atoms with Crippen LogP contribution in [0.4, 0.5) is 0 Å². The van der Waals surface area contributed by atoms with E-state index < -0.39 is 5.97 Å². The highest BCUT2D eigenvalue weighted by molar-refractivity contribution is 7.99. The van der Waals surface area contributed by atoms with E-state index in [2.05, 4.69) is 4.98 Å². The Bertz CT molecular complexity index is 962. The minimum atomic E-state index is -0.459. The molecule has 0 aliphatic carbocycles. The summed E-state index contributed by atoms with van der Waals surface area (Å²) in [4.78, 5) is 42.8. The van der Waals surface area contributed by atoms with Crippen molar-refractivity contribution in [3.63, 3.8) is 0 Å². The summed E-state index contributed by atoms with van der Waals surface area (Å²) in [6, 6.07) is 0. The van der Waals surface area contributed by atoms with Gasteiger partial charge in [-0.25, -0.2) is 9.78 Å². The Morgan fingerprint density at radius 3 is 2.72 bits per heavy atom. The predicted octanol–water partition coefficient (Wildman–Crippen LogP) is 2.78. The van der Waals surface area contributed by atoms with Gasteiger partial charge in [0.2, 0.25) is 0 Å². The molecule has 29 heavy (non-hydrogen) atoms. The van der Waals surface area contributed by atoms with Crippen molar-refractivity contribution >= 4 is 45.3 Å². The van der Waals surface area contributed by atoms with Crippen LogP contribution >= 0.6 is 23.1 Å². The van der Waals surface area contributed by atoms with Crippen LogP contribution < -0.4 is 5.56 Å². The van der Waals surface area contributed by atoms with Crippen LogP contribution in [0.3, 0.4) is 0 Å². The standard InChI is InChI=1S/C19H24N2O6S2/c1-4-25-13(22)10-28-19-20-16-14(11(3)15(29-16)18(24)26-5-2)17(23)21(19)9-12-7-6-8-27-12/h12H,4-10H2,1-3H3. The fourth-order valence-electron chi connectivity index (χ4n) is 3.18. The number of aromatic nitrogens is 2. The zero-order chi connectivity index (χ0) is 21.0. The maximum Gasteiger partial charge on any atom is 0.348 e. The van der Waals surface area contributed by atoms with Gasteiger partial charge in [-0.15, -0.1) is 11.3 Å². The molecule has 1 unspecified atom stereocenters. The summed E-state index contributed by atoms with van der Waals surface area (Å²) < 4.78 is 17.3. The van der Waals surface area contributed by atoms with Crippen molar-refractivity contribution in [2.24, 2.45) is 0 Å². The smallest absolute Gasteiger partial charge is 0.348 e. The molecule has 3 heterocycles. The highest BCUT2D eigenvalue weighted by Gasteiger charge is 2.25. The van der Waals surface area contributed by atoms with E-state index in [1.807, 2.05) is 0 Å². The van der Waals surface area contributed by atoms with E-state index in [4.69, 9.17) is 14.2 Å². The number of hydrogen-bond acceptors (Lipinski definition) is 9.